The van der Waals surface area contributed by atoms with Gasteiger partial charge in [-0.05, 0) is 31.5 Å². The first-order valence-corrected chi connectivity index (χ1v) is 9.42. The topological polar surface area (TPSA) is 86.4 Å². The van der Waals surface area contributed by atoms with E-state index in [1.165, 1.54) is 41.5 Å². The fraction of sp³-hybridized carbons (Fsp3) is 0.200. The van der Waals surface area contributed by atoms with Gasteiger partial charge in [-0.15, -0.1) is 11.3 Å². The van der Waals surface area contributed by atoms with Crippen molar-refractivity contribution in [3.8, 4) is 0 Å². The lowest BCUT2D eigenvalue weighted by Crippen LogP contribution is -2.34. The summed E-state index contributed by atoms with van der Waals surface area (Å²) in [7, 11) is 0. The lowest BCUT2D eigenvalue weighted by atomic mass is 10.1. The largest absolute Gasteiger partial charge is 0.618 e. The van der Waals surface area contributed by atoms with Crippen LogP contribution in [0.25, 0.3) is 0 Å². The number of esters is 1. The number of rotatable bonds is 5. The van der Waals surface area contributed by atoms with Gasteiger partial charge in [-0.2, -0.15) is 4.73 Å². The normalized spacial score (nSPS) is 10.5. The molecule has 3 rings (SSSR count). The first kappa shape index (κ1) is 19.5. The molecule has 28 heavy (non-hydrogen) atoms. The molecule has 0 saturated heterocycles. The molecule has 0 N–H and O–H groups in total. The van der Waals surface area contributed by atoms with Crippen molar-refractivity contribution in [2.45, 2.75) is 27.4 Å². The van der Waals surface area contributed by atoms with Crippen molar-refractivity contribution in [1.82, 2.24) is 4.98 Å². The highest BCUT2D eigenvalue weighted by Gasteiger charge is 2.21. The summed E-state index contributed by atoms with van der Waals surface area (Å²) in [4.78, 5) is 30.3. The SMILES string of the molecule is CC(=O)N(c1nc(COC(=O)c2cccc[n+]2[O-])cs1)c1ccc(C)cc1C. The van der Waals surface area contributed by atoms with Gasteiger partial charge in [0.2, 0.25) is 5.91 Å². The van der Waals surface area contributed by atoms with Crippen LogP contribution in [0.15, 0.2) is 48.0 Å². The maximum Gasteiger partial charge on any atom is 0.405 e. The summed E-state index contributed by atoms with van der Waals surface area (Å²) in [6.45, 7) is 5.31. The summed E-state index contributed by atoms with van der Waals surface area (Å²) < 4.78 is 5.63. The molecule has 0 fully saturated rings. The summed E-state index contributed by atoms with van der Waals surface area (Å²) in [6, 6.07) is 10.3. The fourth-order valence-corrected chi connectivity index (χ4v) is 3.59. The van der Waals surface area contributed by atoms with Crippen LogP contribution in [0, 0.1) is 19.1 Å². The highest BCUT2D eigenvalue weighted by molar-refractivity contribution is 7.14. The van der Waals surface area contributed by atoms with Crippen molar-refractivity contribution in [2.75, 3.05) is 4.90 Å². The van der Waals surface area contributed by atoms with Gasteiger partial charge < -0.3 is 9.94 Å². The number of thiazole rings is 1. The zero-order valence-corrected chi connectivity index (χ0v) is 16.5. The van der Waals surface area contributed by atoms with Gasteiger partial charge in [0.25, 0.3) is 0 Å². The molecule has 0 radical (unpaired) electrons. The summed E-state index contributed by atoms with van der Waals surface area (Å²) in [5, 5.41) is 13.8. The van der Waals surface area contributed by atoms with Crippen LogP contribution in [-0.2, 0) is 16.1 Å². The van der Waals surface area contributed by atoms with Crippen LogP contribution < -0.4 is 9.63 Å². The Kier molecular flexibility index (Phi) is 5.70. The van der Waals surface area contributed by atoms with E-state index in [-0.39, 0.29) is 18.2 Å². The smallest absolute Gasteiger partial charge is 0.405 e. The molecule has 1 aromatic carbocycles. The fourth-order valence-electron chi connectivity index (χ4n) is 2.73. The Bertz CT molecular complexity index is 1030. The third-order valence-electron chi connectivity index (χ3n) is 4.02. The Morgan fingerprint density at radius 2 is 2.04 bits per heavy atom. The van der Waals surface area contributed by atoms with Gasteiger partial charge in [-0.25, -0.2) is 9.78 Å². The predicted octanol–water partition coefficient (Wildman–Crippen LogP) is 3.43. The molecule has 1 amide bonds. The average Bonchev–Trinajstić information content (AvgIpc) is 3.10. The van der Waals surface area contributed by atoms with Crippen molar-refractivity contribution in [2.24, 2.45) is 0 Å². The zero-order valence-electron chi connectivity index (χ0n) is 15.7. The Morgan fingerprint density at radius 3 is 2.71 bits per heavy atom. The summed E-state index contributed by atoms with van der Waals surface area (Å²) in [5.74, 6) is -0.899. The summed E-state index contributed by atoms with van der Waals surface area (Å²) in [5.41, 5.74) is 3.22. The van der Waals surface area contributed by atoms with Crippen LogP contribution in [0.5, 0.6) is 0 Å². The second-order valence-corrected chi connectivity index (χ2v) is 7.09. The van der Waals surface area contributed by atoms with Gasteiger partial charge in [0.15, 0.2) is 11.3 Å². The molecule has 0 aliphatic rings. The molecular formula is C20H19N3O4S. The summed E-state index contributed by atoms with van der Waals surface area (Å²) in [6.07, 6.45) is 1.23. The molecule has 0 bridgehead atoms. The highest BCUT2D eigenvalue weighted by atomic mass is 32.1. The number of nitrogens with zero attached hydrogens (tertiary/aromatic N) is 3. The lowest BCUT2D eigenvalue weighted by molar-refractivity contribution is -0.608. The molecule has 2 aromatic heterocycles. The second kappa shape index (κ2) is 8.18. The number of carbonyl (C=O) groups excluding carboxylic acids is 2. The Labute approximate surface area is 166 Å². The minimum Gasteiger partial charge on any atom is -0.618 e. The van der Waals surface area contributed by atoms with Crippen LogP contribution in [0.3, 0.4) is 0 Å². The van der Waals surface area contributed by atoms with Crippen LogP contribution in [0.1, 0.15) is 34.2 Å². The standard InChI is InChI=1S/C20H19N3O4S/c1-13-7-8-17(14(2)10-13)23(15(3)24)20-21-16(12-28-20)11-27-19(25)18-6-4-5-9-22(18)26/h4-10,12H,11H2,1-3H3. The number of pyridine rings is 1. The number of aromatic nitrogens is 2. The molecule has 7 nitrogen and oxygen atoms in total. The number of benzene rings is 1. The zero-order chi connectivity index (χ0) is 20.3. The van der Waals surface area contributed by atoms with E-state index in [0.717, 1.165) is 16.8 Å². The minimum atomic E-state index is -0.733. The maximum atomic E-state index is 12.2. The molecular weight excluding hydrogens is 378 g/mol. The van der Waals surface area contributed by atoms with Crippen molar-refractivity contribution >= 4 is 34.0 Å². The van der Waals surface area contributed by atoms with E-state index < -0.39 is 5.97 Å². The summed E-state index contributed by atoms with van der Waals surface area (Å²) >= 11 is 1.28. The highest BCUT2D eigenvalue weighted by Crippen LogP contribution is 2.31. The molecule has 0 unspecified atom stereocenters. The third-order valence-corrected chi connectivity index (χ3v) is 4.90. The van der Waals surface area contributed by atoms with E-state index >= 15 is 0 Å². The Morgan fingerprint density at radius 1 is 1.25 bits per heavy atom. The Balaban J connectivity index is 1.77. The number of hydrogen-bond acceptors (Lipinski definition) is 6. The number of anilines is 2. The minimum absolute atomic E-state index is 0.0944. The molecule has 0 saturated carbocycles. The van der Waals surface area contributed by atoms with Crippen molar-refractivity contribution < 1.29 is 19.1 Å². The van der Waals surface area contributed by atoms with Gasteiger partial charge in [-0.1, -0.05) is 17.7 Å². The first-order valence-electron chi connectivity index (χ1n) is 8.54. The number of amides is 1. The average molecular weight is 397 g/mol. The molecule has 2 heterocycles. The number of ether oxygens (including phenoxy) is 1. The molecule has 0 spiro atoms. The second-order valence-electron chi connectivity index (χ2n) is 6.25. The molecule has 0 aliphatic heterocycles. The Hall–Kier alpha value is -3.26. The van der Waals surface area contributed by atoms with Crippen molar-refractivity contribution in [3.05, 3.63) is 75.7 Å². The van der Waals surface area contributed by atoms with Gasteiger partial charge >= 0.3 is 11.7 Å². The predicted molar refractivity (Wildman–Crippen MR) is 105 cm³/mol. The molecule has 0 atom stereocenters. The first-order chi connectivity index (χ1) is 13.4. The van der Waals surface area contributed by atoms with Crippen LogP contribution in [0.4, 0.5) is 10.8 Å². The van der Waals surface area contributed by atoms with E-state index in [4.69, 9.17) is 4.74 Å². The van der Waals surface area contributed by atoms with E-state index in [1.54, 1.807) is 11.4 Å². The van der Waals surface area contributed by atoms with E-state index in [2.05, 4.69) is 4.98 Å². The van der Waals surface area contributed by atoms with E-state index in [0.29, 0.717) is 15.6 Å². The van der Waals surface area contributed by atoms with Gasteiger partial charge in [0.1, 0.15) is 6.61 Å². The van der Waals surface area contributed by atoms with E-state index in [9.17, 15) is 14.8 Å². The van der Waals surface area contributed by atoms with Crippen LogP contribution in [-0.4, -0.2) is 16.9 Å². The van der Waals surface area contributed by atoms with Crippen LogP contribution >= 0.6 is 11.3 Å². The lowest BCUT2D eigenvalue weighted by Gasteiger charge is -2.20. The van der Waals surface area contributed by atoms with Crippen molar-refractivity contribution in [3.63, 3.8) is 0 Å². The van der Waals surface area contributed by atoms with Crippen molar-refractivity contribution in [1.29, 1.82) is 0 Å². The van der Waals surface area contributed by atoms with Crippen LogP contribution in [0.2, 0.25) is 0 Å². The quantitative estimate of drug-likeness (QED) is 0.374. The monoisotopic (exact) mass is 397 g/mol. The molecule has 3 aromatic rings. The number of hydrogen-bond donors (Lipinski definition) is 0. The maximum absolute atomic E-state index is 12.2. The van der Waals surface area contributed by atoms with Gasteiger partial charge in [0, 0.05) is 24.4 Å². The van der Waals surface area contributed by atoms with Gasteiger partial charge in [0.05, 0.1) is 11.4 Å². The van der Waals surface area contributed by atoms with E-state index in [1.807, 2.05) is 32.0 Å². The van der Waals surface area contributed by atoms with Gasteiger partial charge in [-0.3, -0.25) is 9.69 Å². The molecule has 144 valence electrons. The third kappa shape index (κ3) is 4.17. The number of carbonyl (C=O) groups is 2. The molecule has 0 aliphatic carbocycles. The molecule has 8 heteroatoms. The number of aryl methyl sites for hydroxylation is 2.